The summed E-state index contributed by atoms with van der Waals surface area (Å²) < 4.78 is 0. The molecule has 0 radical (unpaired) electrons. The lowest BCUT2D eigenvalue weighted by Gasteiger charge is -1.96. The van der Waals surface area contributed by atoms with Crippen molar-refractivity contribution in [1.29, 1.82) is 5.26 Å². The number of hydrogen-bond acceptors (Lipinski definition) is 1. The van der Waals surface area contributed by atoms with Crippen molar-refractivity contribution < 1.29 is 0 Å². The number of halogens is 1. The molecule has 10 heavy (non-hydrogen) atoms. The SMILES string of the molecule is Cc1cccc(Cl)c1C#N. The predicted molar refractivity (Wildman–Crippen MR) is 40.9 cm³/mol. The van der Waals surface area contributed by atoms with Crippen LogP contribution in [0.5, 0.6) is 0 Å². The van der Waals surface area contributed by atoms with Gasteiger partial charge in [-0.05, 0) is 18.6 Å². The minimum absolute atomic E-state index is 0.530. The van der Waals surface area contributed by atoms with Crippen molar-refractivity contribution in [2.75, 3.05) is 0 Å². The third kappa shape index (κ3) is 1.12. The average molecular weight is 152 g/mol. The van der Waals surface area contributed by atoms with E-state index in [9.17, 15) is 0 Å². The molecule has 50 valence electrons. The summed E-state index contributed by atoms with van der Waals surface area (Å²) in [5, 5.41) is 9.09. The summed E-state index contributed by atoms with van der Waals surface area (Å²) in [6, 6.07) is 7.44. The molecular formula is C8H6ClN. The van der Waals surface area contributed by atoms with Crippen LogP contribution >= 0.6 is 11.6 Å². The van der Waals surface area contributed by atoms with Gasteiger partial charge in [-0.1, -0.05) is 23.7 Å². The van der Waals surface area contributed by atoms with Gasteiger partial charge in [-0.3, -0.25) is 0 Å². The fourth-order valence-corrected chi connectivity index (χ4v) is 1.04. The average Bonchev–Trinajstić information content (AvgIpc) is 1.88. The van der Waals surface area contributed by atoms with Gasteiger partial charge in [0, 0.05) is 0 Å². The minimum atomic E-state index is 0.530. The Morgan fingerprint density at radius 3 is 2.60 bits per heavy atom. The first-order valence-electron chi connectivity index (χ1n) is 2.91. The van der Waals surface area contributed by atoms with E-state index in [1.165, 1.54) is 0 Å². The number of nitrogens with zero attached hydrogens (tertiary/aromatic N) is 1. The molecule has 1 aromatic rings. The number of hydrogen-bond donors (Lipinski definition) is 0. The van der Waals surface area contributed by atoms with Crippen LogP contribution in [-0.2, 0) is 0 Å². The zero-order chi connectivity index (χ0) is 7.56. The quantitative estimate of drug-likeness (QED) is 0.559. The summed E-state index contributed by atoms with van der Waals surface area (Å²) in [5.74, 6) is 0. The van der Waals surface area contributed by atoms with Crippen LogP contribution in [0.2, 0.25) is 5.02 Å². The van der Waals surface area contributed by atoms with Crippen LogP contribution in [0.4, 0.5) is 0 Å². The molecule has 0 amide bonds. The molecule has 0 N–H and O–H groups in total. The maximum Gasteiger partial charge on any atom is 0.101 e. The highest BCUT2D eigenvalue weighted by Crippen LogP contribution is 2.17. The fraction of sp³-hybridized carbons (Fsp3) is 0.125. The molecule has 0 aromatic heterocycles. The number of nitriles is 1. The Kier molecular flexibility index (Phi) is 1.94. The molecule has 1 aromatic carbocycles. The minimum Gasteiger partial charge on any atom is -0.192 e. The molecule has 2 heteroatoms. The smallest absolute Gasteiger partial charge is 0.101 e. The van der Waals surface area contributed by atoms with Crippen LogP contribution in [0.1, 0.15) is 11.1 Å². The van der Waals surface area contributed by atoms with Gasteiger partial charge in [0.25, 0.3) is 0 Å². The largest absolute Gasteiger partial charge is 0.192 e. The second-order valence-electron chi connectivity index (χ2n) is 2.04. The highest BCUT2D eigenvalue weighted by atomic mass is 35.5. The summed E-state index contributed by atoms with van der Waals surface area (Å²) in [5.41, 5.74) is 1.50. The molecule has 0 fully saturated rings. The van der Waals surface area contributed by atoms with E-state index in [1.54, 1.807) is 6.07 Å². The molecule has 0 atom stereocenters. The molecule has 1 rings (SSSR count). The van der Waals surface area contributed by atoms with E-state index in [2.05, 4.69) is 0 Å². The third-order valence-corrected chi connectivity index (χ3v) is 1.65. The third-order valence-electron chi connectivity index (χ3n) is 1.33. The van der Waals surface area contributed by atoms with Crippen molar-refractivity contribution in [3.05, 3.63) is 34.3 Å². The first kappa shape index (κ1) is 7.11. The van der Waals surface area contributed by atoms with Crippen LogP contribution in [0.15, 0.2) is 18.2 Å². The summed E-state index contributed by atoms with van der Waals surface area (Å²) in [6.07, 6.45) is 0. The molecule has 0 saturated heterocycles. The first-order chi connectivity index (χ1) is 4.75. The fourth-order valence-electron chi connectivity index (χ4n) is 0.774. The van der Waals surface area contributed by atoms with Gasteiger partial charge < -0.3 is 0 Å². The standard InChI is InChI=1S/C8H6ClN/c1-6-3-2-4-8(9)7(6)5-10/h2-4H,1H3. The van der Waals surface area contributed by atoms with E-state index < -0.39 is 0 Å². The van der Waals surface area contributed by atoms with Crippen LogP contribution in [0, 0.1) is 18.3 Å². The van der Waals surface area contributed by atoms with Crippen molar-refractivity contribution >= 4 is 11.6 Å². The zero-order valence-corrected chi connectivity index (χ0v) is 6.31. The Balaban J connectivity index is 3.34. The lowest BCUT2D eigenvalue weighted by molar-refractivity contribution is 1.39. The van der Waals surface area contributed by atoms with Gasteiger partial charge in [0.15, 0.2) is 0 Å². The molecule has 0 spiro atoms. The van der Waals surface area contributed by atoms with E-state index in [4.69, 9.17) is 16.9 Å². The Morgan fingerprint density at radius 1 is 1.50 bits per heavy atom. The van der Waals surface area contributed by atoms with Gasteiger partial charge in [-0.2, -0.15) is 5.26 Å². The number of benzene rings is 1. The second-order valence-corrected chi connectivity index (χ2v) is 2.45. The summed E-state index contributed by atoms with van der Waals surface area (Å²) in [4.78, 5) is 0. The summed E-state index contributed by atoms with van der Waals surface area (Å²) in [7, 11) is 0. The van der Waals surface area contributed by atoms with Crippen molar-refractivity contribution in [3.63, 3.8) is 0 Å². The molecule has 1 nitrogen and oxygen atoms in total. The van der Waals surface area contributed by atoms with Crippen LogP contribution in [0.25, 0.3) is 0 Å². The Hall–Kier alpha value is -1.00. The maximum absolute atomic E-state index is 8.56. The molecule has 0 aliphatic heterocycles. The van der Waals surface area contributed by atoms with E-state index >= 15 is 0 Å². The monoisotopic (exact) mass is 151 g/mol. The van der Waals surface area contributed by atoms with Gasteiger partial charge >= 0.3 is 0 Å². The number of rotatable bonds is 0. The van der Waals surface area contributed by atoms with Crippen molar-refractivity contribution in [1.82, 2.24) is 0 Å². The molecule has 0 saturated carbocycles. The zero-order valence-electron chi connectivity index (χ0n) is 5.56. The normalized spacial score (nSPS) is 8.90. The molecule has 0 unspecified atom stereocenters. The van der Waals surface area contributed by atoms with Crippen molar-refractivity contribution in [2.45, 2.75) is 6.92 Å². The highest BCUT2D eigenvalue weighted by Gasteiger charge is 1.99. The topological polar surface area (TPSA) is 23.8 Å². The lowest BCUT2D eigenvalue weighted by atomic mass is 10.1. The van der Waals surface area contributed by atoms with Gasteiger partial charge in [-0.25, -0.2) is 0 Å². The molecule has 0 aliphatic carbocycles. The van der Waals surface area contributed by atoms with Gasteiger partial charge in [0.2, 0.25) is 0 Å². The van der Waals surface area contributed by atoms with E-state index in [-0.39, 0.29) is 0 Å². The number of aryl methyl sites for hydroxylation is 1. The second kappa shape index (κ2) is 2.72. The van der Waals surface area contributed by atoms with Crippen molar-refractivity contribution in [2.24, 2.45) is 0 Å². The molecule has 0 heterocycles. The Morgan fingerprint density at radius 2 is 2.20 bits per heavy atom. The first-order valence-corrected chi connectivity index (χ1v) is 3.28. The van der Waals surface area contributed by atoms with Crippen LogP contribution < -0.4 is 0 Å². The molecule has 0 bridgehead atoms. The van der Waals surface area contributed by atoms with Crippen LogP contribution in [0.3, 0.4) is 0 Å². The Labute approximate surface area is 64.9 Å². The van der Waals surface area contributed by atoms with Crippen molar-refractivity contribution in [3.8, 4) is 6.07 Å². The summed E-state index contributed by atoms with van der Waals surface area (Å²) in [6.45, 7) is 1.87. The highest BCUT2D eigenvalue weighted by molar-refractivity contribution is 6.31. The summed E-state index contributed by atoms with van der Waals surface area (Å²) >= 11 is 5.71. The van der Waals surface area contributed by atoms with E-state index in [0.717, 1.165) is 5.56 Å². The molecule has 0 aliphatic rings. The van der Waals surface area contributed by atoms with E-state index in [0.29, 0.717) is 10.6 Å². The van der Waals surface area contributed by atoms with Gasteiger partial charge in [0.05, 0.1) is 10.6 Å². The lowest BCUT2D eigenvalue weighted by Crippen LogP contribution is -1.81. The Bertz CT molecular complexity index is 266. The predicted octanol–water partition coefficient (Wildman–Crippen LogP) is 2.52. The van der Waals surface area contributed by atoms with Crippen LogP contribution in [-0.4, -0.2) is 0 Å². The molecular weight excluding hydrogens is 146 g/mol. The van der Waals surface area contributed by atoms with Gasteiger partial charge in [-0.15, -0.1) is 0 Å². The van der Waals surface area contributed by atoms with E-state index in [1.807, 2.05) is 25.1 Å². The maximum atomic E-state index is 8.56. The van der Waals surface area contributed by atoms with Gasteiger partial charge in [0.1, 0.15) is 6.07 Å².